The Bertz CT molecular complexity index is 81.0. The Labute approximate surface area is 68.5 Å². The highest BCUT2D eigenvalue weighted by Gasteiger charge is 2.23. The van der Waals surface area contributed by atoms with Gasteiger partial charge in [0.2, 0.25) is 0 Å². The third kappa shape index (κ3) is 2.22. The zero-order valence-corrected chi connectivity index (χ0v) is 7.31. The molecule has 1 N–H and O–H groups in total. The maximum Gasteiger partial charge on any atom is 0.0641 e. The summed E-state index contributed by atoms with van der Waals surface area (Å²) in [4.78, 5) is 0. The molecule has 9 heavy (non-hydrogen) atoms. The lowest BCUT2D eigenvalue weighted by molar-refractivity contribution is 0.301. The predicted octanol–water partition coefficient (Wildman–Crippen LogP) is 1.39. The molecule has 0 aliphatic carbocycles. The number of halogens is 1. The second-order valence-corrected chi connectivity index (χ2v) is 5.21. The van der Waals surface area contributed by atoms with E-state index in [1.54, 1.807) is 11.8 Å². The van der Waals surface area contributed by atoms with Crippen molar-refractivity contribution in [2.75, 3.05) is 18.2 Å². The van der Waals surface area contributed by atoms with Crippen LogP contribution in [0.1, 0.15) is 0 Å². The van der Waals surface area contributed by atoms with Gasteiger partial charge in [0.25, 0.3) is 0 Å². The Morgan fingerprint density at radius 2 is 2.44 bits per heavy atom. The van der Waals surface area contributed by atoms with Gasteiger partial charge in [0.1, 0.15) is 0 Å². The summed E-state index contributed by atoms with van der Waals surface area (Å²) in [6, 6.07) is 0. The second-order valence-electron chi connectivity index (χ2n) is 1.86. The molecule has 2 atom stereocenters. The molecular weight excluding hydrogens is 176 g/mol. The van der Waals surface area contributed by atoms with Gasteiger partial charge < -0.3 is 5.11 Å². The first-order valence-corrected chi connectivity index (χ1v) is 5.33. The lowest BCUT2D eigenvalue weighted by Crippen LogP contribution is -2.06. The van der Waals surface area contributed by atoms with Crippen molar-refractivity contribution in [2.45, 2.75) is 9.83 Å². The molecule has 1 aliphatic rings. The van der Waals surface area contributed by atoms with Crippen molar-refractivity contribution in [1.29, 1.82) is 0 Å². The Morgan fingerprint density at radius 1 is 1.67 bits per heavy atom. The van der Waals surface area contributed by atoms with E-state index in [2.05, 4.69) is 0 Å². The van der Waals surface area contributed by atoms with E-state index in [1.807, 2.05) is 11.8 Å². The van der Waals surface area contributed by atoms with Crippen molar-refractivity contribution in [1.82, 2.24) is 0 Å². The van der Waals surface area contributed by atoms with Crippen molar-refractivity contribution >= 4 is 35.1 Å². The molecule has 0 aromatic carbocycles. The zero-order valence-electron chi connectivity index (χ0n) is 4.92. The molecule has 54 valence electrons. The fourth-order valence-corrected chi connectivity index (χ4v) is 3.95. The highest BCUT2D eigenvalue weighted by atomic mass is 35.5. The van der Waals surface area contributed by atoms with Crippen molar-refractivity contribution in [3.05, 3.63) is 0 Å². The first-order valence-electron chi connectivity index (χ1n) is 2.80. The van der Waals surface area contributed by atoms with E-state index in [0.717, 1.165) is 5.75 Å². The van der Waals surface area contributed by atoms with Crippen LogP contribution in [0.25, 0.3) is 0 Å². The Balaban J connectivity index is 2.20. The second kappa shape index (κ2) is 3.96. The minimum Gasteiger partial charge on any atom is -0.395 e. The molecule has 0 radical (unpaired) electrons. The summed E-state index contributed by atoms with van der Waals surface area (Å²) < 4.78 is 0.517. The van der Waals surface area contributed by atoms with Crippen LogP contribution in [0.15, 0.2) is 0 Å². The highest BCUT2D eigenvalue weighted by molar-refractivity contribution is 8.20. The maximum absolute atomic E-state index is 8.70. The number of aliphatic hydroxyl groups excluding tert-OH is 1. The molecule has 0 amide bonds. The van der Waals surface area contributed by atoms with E-state index in [4.69, 9.17) is 16.7 Å². The molecule has 0 bridgehead atoms. The lowest BCUT2D eigenvalue weighted by atomic mass is 10.5. The van der Waals surface area contributed by atoms with Crippen LogP contribution in [-0.2, 0) is 0 Å². The number of rotatable bonds is 2. The summed E-state index contributed by atoms with van der Waals surface area (Å²) in [6.07, 6.45) is 0. The van der Waals surface area contributed by atoms with Crippen molar-refractivity contribution in [3.8, 4) is 0 Å². The van der Waals surface area contributed by atoms with Gasteiger partial charge >= 0.3 is 0 Å². The Morgan fingerprint density at radius 3 is 2.78 bits per heavy atom. The maximum atomic E-state index is 8.70. The van der Waals surface area contributed by atoms with Gasteiger partial charge in [-0.25, -0.2) is 0 Å². The third-order valence-electron chi connectivity index (χ3n) is 1.14. The fourth-order valence-electron chi connectivity index (χ4n) is 0.685. The quantitative estimate of drug-likeness (QED) is 0.656. The first-order chi connectivity index (χ1) is 4.36. The molecule has 1 nitrogen and oxygen atoms in total. The summed E-state index contributed by atoms with van der Waals surface area (Å²) in [6.45, 7) is 0.297. The van der Waals surface area contributed by atoms with Crippen LogP contribution in [0.2, 0.25) is 0 Å². The zero-order chi connectivity index (χ0) is 6.69. The van der Waals surface area contributed by atoms with Crippen molar-refractivity contribution < 1.29 is 5.11 Å². The molecule has 2 unspecified atom stereocenters. The number of hydrogen-bond donors (Lipinski definition) is 1. The number of thioether (sulfide) groups is 2. The molecule has 0 aromatic rings. The molecular formula is C5H9ClOS2. The molecule has 0 aromatic heterocycles. The standard InChI is InChI=1S/C5H9ClOS2/c6-1-5-8-3-4(2-7)9-5/h4-5,7H,1-3H2. The molecule has 1 saturated heterocycles. The summed E-state index contributed by atoms with van der Waals surface area (Å²) in [5.74, 6) is 1.75. The van der Waals surface area contributed by atoms with Gasteiger partial charge in [-0.05, 0) is 0 Å². The summed E-state index contributed by atoms with van der Waals surface area (Å²) in [5.41, 5.74) is 0. The largest absolute Gasteiger partial charge is 0.395 e. The van der Waals surface area contributed by atoms with Gasteiger partial charge in [-0.15, -0.1) is 35.1 Å². The Hall–Kier alpha value is 0.950. The van der Waals surface area contributed by atoms with E-state index >= 15 is 0 Å². The molecule has 0 saturated carbocycles. The van der Waals surface area contributed by atoms with E-state index in [9.17, 15) is 0 Å². The minimum atomic E-state index is 0.297. The van der Waals surface area contributed by atoms with Crippen molar-refractivity contribution in [3.63, 3.8) is 0 Å². The summed E-state index contributed by atoms with van der Waals surface area (Å²) in [5, 5.41) is 9.13. The summed E-state index contributed by atoms with van der Waals surface area (Å²) in [7, 11) is 0. The van der Waals surface area contributed by atoms with Crippen LogP contribution < -0.4 is 0 Å². The summed E-state index contributed by atoms with van der Waals surface area (Å²) >= 11 is 9.24. The van der Waals surface area contributed by atoms with Crippen molar-refractivity contribution in [2.24, 2.45) is 0 Å². The lowest BCUT2D eigenvalue weighted by Gasteiger charge is -2.02. The smallest absolute Gasteiger partial charge is 0.0641 e. The predicted molar refractivity (Wildman–Crippen MR) is 45.4 cm³/mol. The van der Waals surface area contributed by atoms with Crippen LogP contribution in [-0.4, -0.2) is 33.2 Å². The number of alkyl halides is 1. The third-order valence-corrected chi connectivity index (χ3v) is 5.07. The van der Waals surface area contributed by atoms with Crippen LogP contribution in [0.3, 0.4) is 0 Å². The first kappa shape index (κ1) is 8.05. The SMILES string of the molecule is OCC1CSC(CCl)S1. The Kier molecular flexibility index (Phi) is 3.54. The van der Waals surface area contributed by atoms with Crippen LogP contribution in [0.4, 0.5) is 0 Å². The van der Waals surface area contributed by atoms with Gasteiger partial charge in [-0.1, -0.05) is 0 Å². The number of hydrogen-bond acceptors (Lipinski definition) is 3. The average molecular weight is 185 g/mol. The van der Waals surface area contributed by atoms with Crippen LogP contribution in [0.5, 0.6) is 0 Å². The van der Waals surface area contributed by atoms with Crippen LogP contribution >= 0.6 is 35.1 Å². The van der Waals surface area contributed by atoms with E-state index in [1.165, 1.54) is 0 Å². The van der Waals surface area contributed by atoms with Gasteiger partial charge in [-0.3, -0.25) is 0 Å². The average Bonchev–Trinajstić information content (AvgIpc) is 2.34. The minimum absolute atomic E-state index is 0.297. The molecule has 1 heterocycles. The molecule has 4 heteroatoms. The van der Waals surface area contributed by atoms with Crippen LogP contribution in [0, 0.1) is 0 Å². The van der Waals surface area contributed by atoms with Gasteiger partial charge in [-0.2, -0.15) is 0 Å². The van der Waals surface area contributed by atoms with Gasteiger partial charge in [0, 0.05) is 16.9 Å². The van der Waals surface area contributed by atoms with E-state index in [0.29, 0.717) is 22.3 Å². The molecule has 1 rings (SSSR count). The van der Waals surface area contributed by atoms with E-state index in [-0.39, 0.29) is 0 Å². The van der Waals surface area contributed by atoms with Gasteiger partial charge in [0.05, 0.1) is 11.2 Å². The highest BCUT2D eigenvalue weighted by Crippen LogP contribution is 2.37. The molecule has 1 aliphatic heterocycles. The topological polar surface area (TPSA) is 20.2 Å². The normalized spacial score (nSPS) is 35.3. The molecule has 0 spiro atoms. The monoisotopic (exact) mass is 184 g/mol. The molecule has 1 fully saturated rings. The number of aliphatic hydroxyl groups is 1. The van der Waals surface area contributed by atoms with Gasteiger partial charge in [0.15, 0.2) is 0 Å². The van der Waals surface area contributed by atoms with E-state index < -0.39 is 0 Å². The fraction of sp³-hybridized carbons (Fsp3) is 1.00.